The quantitative estimate of drug-likeness (QED) is 0.622. The maximum atomic E-state index is 10.9. The van der Waals surface area contributed by atoms with Gasteiger partial charge >= 0.3 is 5.82 Å². The summed E-state index contributed by atoms with van der Waals surface area (Å²) in [5, 5.41) is 15.2. The Morgan fingerprint density at radius 3 is 3.05 bits per heavy atom. The van der Waals surface area contributed by atoms with Crippen LogP contribution in [0.15, 0.2) is 18.3 Å². The number of nitro groups is 1. The van der Waals surface area contributed by atoms with E-state index in [2.05, 4.69) is 21.9 Å². The Labute approximate surface area is 110 Å². The molecule has 1 unspecified atom stereocenters. The molecule has 0 N–H and O–H groups in total. The summed E-state index contributed by atoms with van der Waals surface area (Å²) >= 11 is 0. The molecule has 1 aliphatic heterocycles. The first-order valence-electron chi connectivity index (χ1n) is 6.43. The summed E-state index contributed by atoms with van der Waals surface area (Å²) in [5.41, 5.74) is 0.502. The van der Waals surface area contributed by atoms with Crippen molar-refractivity contribution >= 4 is 17.3 Å². The molecule has 1 fully saturated rings. The van der Waals surface area contributed by atoms with Crippen molar-refractivity contribution in [2.24, 2.45) is 5.92 Å². The van der Waals surface area contributed by atoms with Gasteiger partial charge in [0.2, 0.25) is 5.65 Å². The standard InChI is InChI=1S/C12H15N5O2/c1-2-9-5-6-15(8-9)11-4-3-10-13-7-12(17(18)19)16(10)14-11/h3-4,7,9H,2,5-6,8H2,1H3. The van der Waals surface area contributed by atoms with Gasteiger partial charge in [-0.25, -0.2) is 4.98 Å². The molecule has 1 aliphatic rings. The third-order valence-corrected chi connectivity index (χ3v) is 3.70. The Bertz CT molecular complexity index is 624. The number of imidazole rings is 1. The van der Waals surface area contributed by atoms with Crippen LogP contribution in [0.4, 0.5) is 11.6 Å². The van der Waals surface area contributed by atoms with Gasteiger partial charge in [0.1, 0.15) is 6.20 Å². The average molecular weight is 261 g/mol. The van der Waals surface area contributed by atoms with Crippen LogP contribution in [0.5, 0.6) is 0 Å². The highest BCUT2D eigenvalue weighted by Crippen LogP contribution is 2.25. The van der Waals surface area contributed by atoms with Crippen LogP contribution in [0.1, 0.15) is 19.8 Å². The molecule has 7 heteroatoms. The van der Waals surface area contributed by atoms with Gasteiger partial charge < -0.3 is 15.0 Å². The number of rotatable bonds is 3. The van der Waals surface area contributed by atoms with Crippen LogP contribution in [0, 0.1) is 16.0 Å². The van der Waals surface area contributed by atoms with Gasteiger partial charge in [0, 0.05) is 19.2 Å². The minimum atomic E-state index is -0.463. The lowest BCUT2D eigenvalue weighted by Crippen LogP contribution is -2.21. The molecule has 1 saturated heterocycles. The van der Waals surface area contributed by atoms with E-state index in [1.807, 2.05) is 6.07 Å². The maximum absolute atomic E-state index is 10.9. The van der Waals surface area contributed by atoms with E-state index in [9.17, 15) is 10.1 Å². The molecule has 0 saturated carbocycles. The predicted octanol–water partition coefficient (Wildman–Crippen LogP) is 1.87. The normalized spacial score (nSPS) is 19.2. The Balaban J connectivity index is 1.97. The summed E-state index contributed by atoms with van der Waals surface area (Å²) in [4.78, 5) is 16.6. The van der Waals surface area contributed by atoms with Gasteiger partial charge in [0.25, 0.3) is 0 Å². The molecule has 0 aliphatic carbocycles. The number of hydrogen-bond donors (Lipinski definition) is 0. The molecule has 100 valence electrons. The van der Waals surface area contributed by atoms with Crippen LogP contribution in [0.3, 0.4) is 0 Å². The van der Waals surface area contributed by atoms with Crippen LogP contribution in [0.25, 0.3) is 5.65 Å². The fourth-order valence-corrected chi connectivity index (χ4v) is 2.52. The fraction of sp³-hybridized carbons (Fsp3) is 0.500. The zero-order valence-electron chi connectivity index (χ0n) is 10.7. The van der Waals surface area contributed by atoms with Gasteiger partial charge in [0.15, 0.2) is 5.82 Å². The zero-order chi connectivity index (χ0) is 13.4. The number of hydrogen-bond acceptors (Lipinski definition) is 5. The van der Waals surface area contributed by atoms with Crippen molar-refractivity contribution in [2.45, 2.75) is 19.8 Å². The molecule has 2 aromatic heterocycles. The molecule has 0 spiro atoms. The highest BCUT2D eigenvalue weighted by atomic mass is 16.6. The number of fused-ring (bicyclic) bond motifs is 1. The Hall–Kier alpha value is -2.18. The Morgan fingerprint density at radius 2 is 2.37 bits per heavy atom. The summed E-state index contributed by atoms with van der Waals surface area (Å²) in [6.07, 6.45) is 3.55. The van der Waals surface area contributed by atoms with Crippen molar-refractivity contribution in [2.75, 3.05) is 18.0 Å². The largest absolute Gasteiger partial charge is 0.368 e. The van der Waals surface area contributed by atoms with Gasteiger partial charge in [-0.1, -0.05) is 23.0 Å². The second-order valence-electron chi connectivity index (χ2n) is 4.84. The number of anilines is 1. The minimum absolute atomic E-state index is 0.0944. The molecule has 0 bridgehead atoms. The average Bonchev–Trinajstić information content (AvgIpc) is 3.04. The smallest absolute Gasteiger partial charge is 0.358 e. The van der Waals surface area contributed by atoms with Crippen LogP contribution in [0.2, 0.25) is 0 Å². The molecule has 1 atom stereocenters. The first-order valence-corrected chi connectivity index (χ1v) is 6.43. The molecule has 2 aromatic rings. The van der Waals surface area contributed by atoms with E-state index in [1.165, 1.54) is 10.7 Å². The lowest BCUT2D eigenvalue weighted by Gasteiger charge is -2.15. The van der Waals surface area contributed by atoms with E-state index in [1.54, 1.807) is 6.07 Å². The summed E-state index contributed by atoms with van der Waals surface area (Å²) in [6, 6.07) is 3.65. The van der Waals surface area contributed by atoms with Crippen molar-refractivity contribution < 1.29 is 4.92 Å². The van der Waals surface area contributed by atoms with E-state index in [-0.39, 0.29) is 5.82 Å². The van der Waals surface area contributed by atoms with Crippen molar-refractivity contribution in [1.29, 1.82) is 0 Å². The zero-order valence-corrected chi connectivity index (χ0v) is 10.7. The minimum Gasteiger partial charge on any atom is -0.358 e. The Kier molecular flexibility index (Phi) is 2.81. The molecular formula is C12H15N5O2. The predicted molar refractivity (Wildman–Crippen MR) is 70.3 cm³/mol. The third-order valence-electron chi connectivity index (χ3n) is 3.70. The van der Waals surface area contributed by atoms with Gasteiger partial charge in [0.05, 0.1) is 0 Å². The highest BCUT2D eigenvalue weighted by Gasteiger charge is 2.24. The summed E-state index contributed by atoms with van der Waals surface area (Å²) < 4.78 is 1.30. The van der Waals surface area contributed by atoms with Crippen molar-refractivity contribution in [3.05, 3.63) is 28.4 Å². The van der Waals surface area contributed by atoms with Crippen LogP contribution < -0.4 is 4.90 Å². The first kappa shape index (κ1) is 11.9. The van der Waals surface area contributed by atoms with Crippen LogP contribution in [-0.2, 0) is 0 Å². The molecule has 0 amide bonds. The molecule has 19 heavy (non-hydrogen) atoms. The highest BCUT2D eigenvalue weighted by molar-refractivity contribution is 5.49. The van der Waals surface area contributed by atoms with E-state index in [0.717, 1.165) is 31.7 Å². The molecule has 7 nitrogen and oxygen atoms in total. The number of aromatic nitrogens is 3. The number of nitrogens with zero attached hydrogens (tertiary/aromatic N) is 5. The van der Waals surface area contributed by atoms with Crippen molar-refractivity contribution in [1.82, 2.24) is 14.6 Å². The second kappa shape index (κ2) is 4.49. The van der Waals surface area contributed by atoms with Crippen LogP contribution in [-0.4, -0.2) is 32.6 Å². The lowest BCUT2D eigenvalue weighted by atomic mass is 10.1. The second-order valence-corrected chi connectivity index (χ2v) is 4.84. The Morgan fingerprint density at radius 1 is 1.53 bits per heavy atom. The monoisotopic (exact) mass is 261 g/mol. The SMILES string of the molecule is CCC1CCN(c2ccc3ncc([N+](=O)[O-])n3n2)C1. The first-order chi connectivity index (χ1) is 9.19. The molecule has 3 heterocycles. The summed E-state index contributed by atoms with van der Waals surface area (Å²) in [7, 11) is 0. The summed E-state index contributed by atoms with van der Waals surface area (Å²) in [6.45, 7) is 4.11. The van der Waals surface area contributed by atoms with Gasteiger partial charge in [-0.15, -0.1) is 0 Å². The van der Waals surface area contributed by atoms with Crippen molar-refractivity contribution in [3.8, 4) is 0 Å². The van der Waals surface area contributed by atoms with E-state index in [0.29, 0.717) is 11.6 Å². The van der Waals surface area contributed by atoms with Gasteiger partial charge in [-0.3, -0.25) is 0 Å². The van der Waals surface area contributed by atoms with Crippen molar-refractivity contribution in [3.63, 3.8) is 0 Å². The van der Waals surface area contributed by atoms with Gasteiger partial charge in [-0.05, 0) is 23.3 Å². The molecule has 0 aromatic carbocycles. The molecule has 0 radical (unpaired) electrons. The maximum Gasteiger partial charge on any atom is 0.368 e. The van der Waals surface area contributed by atoms with E-state index in [4.69, 9.17) is 0 Å². The molecular weight excluding hydrogens is 246 g/mol. The molecule has 3 rings (SSSR count). The van der Waals surface area contributed by atoms with Gasteiger partial charge in [-0.2, -0.15) is 0 Å². The van der Waals surface area contributed by atoms with E-state index < -0.39 is 4.92 Å². The fourth-order valence-electron chi connectivity index (χ4n) is 2.52. The third kappa shape index (κ3) is 2.00. The topological polar surface area (TPSA) is 76.6 Å². The van der Waals surface area contributed by atoms with E-state index >= 15 is 0 Å². The van der Waals surface area contributed by atoms with Crippen LogP contribution >= 0.6 is 0 Å². The lowest BCUT2D eigenvalue weighted by molar-refractivity contribution is -0.391. The summed E-state index contributed by atoms with van der Waals surface area (Å²) in [5.74, 6) is 1.38.